The van der Waals surface area contributed by atoms with Crippen molar-refractivity contribution in [1.29, 1.82) is 0 Å². The Bertz CT molecular complexity index is 819. The number of halogens is 1. The fraction of sp³-hybridized carbons (Fsp3) is 0.571. The first-order chi connectivity index (χ1) is 13.9. The van der Waals surface area contributed by atoms with Crippen molar-refractivity contribution in [3.8, 4) is 5.69 Å². The summed E-state index contributed by atoms with van der Waals surface area (Å²) >= 11 is 1.39. The van der Waals surface area contributed by atoms with Gasteiger partial charge in [-0.15, -0.1) is 10.2 Å². The fourth-order valence-electron chi connectivity index (χ4n) is 3.13. The highest BCUT2D eigenvalue weighted by Gasteiger charge is 2.27. The quantitative estimate of drug-likeness (QED) is 0.549. The zero-order chi connectivity index (χ0) is 21.0. The van der Waals surface area contributed by atoms with E-state index in [4.69, 9.17) is 0 Å². The lowest BCUT2D eigenvalue weighted by Crippen LogP contribution is -2.35. The van der Waals surface area contributed by atoms with E-state index < -0.39 is 0 Å². The second kappa shape index (κ2) is 9.71. The van der Waals surface area contributed by atoms with Crippen molar-refractivity contribution in [3.05, 3.63) is 35.9 Å². The molecular weight excluding hydrogens is 389 g/mol. The minimum Gasteiger partial charge on any atom is -0.342 e. The smallest absolute Gasteiger partial charge is 0.233 e. The zero-order valence-electron chi connectivity index (χ0n) is 17.6. The summed E-state index contributed by atoms with van der Waals surface area (Å²) in [6.45, 7) is 5.80. The van der Waals surface area contributed by atoms with Gasteiger partial charge in [0.15, 0.2) is 11.0 Å². The molecule has 1 aromatic heterocycles. The lowest BCUT2D eigenvalue weighted by molar-refractivity contribution is -0.128. The summed E-state index contributed by atoms with van der Waals surface area (Å²) in [5.41, 5.74) is 0.790. The summed E-state index contributed by atoms with van der Waals surface area (Å²) in [4.78, 5) is 16.8. The van der Waals surface area contributed by atoms with Gasteiger partial charge in [-0.25, -0.2) is 4.39 Å². The van der Waals surface area contributed by atoms with Crippen molar-refractivity contribution >= 4 is 17.7 Å². The van der Waals surface area contributed by atoms with Gasteiger partial charge >= 0.3 is 0 Å². The molecule has 0 N–H and O–H groups in total. The molecule has 158 valence electrons. The molecule has 1 aliphatic carbocycles. The molecule has 1 fully saturated rings. The molecule has 1 atom stereocenters. The normalized spacial score (nSPS) is 15.0. The summed E-state index contributed by atoms with van der Waals surface area (Å²) in [6, 6.07) is 6.30. The van der Waals surface area contributed by atoms with Gasteiger partial charge in [0.05, 0.1) is 11.8 Å². The third kappa shape index (κ3) is 5.57. The summed E-state index contributed by atoms with van der Waals surface area (Å²) in [6.07, 6.45) is 3.41. The van der Waals surface area contributed by atoms with Gasteiger partial charge in [0.1, 0.15) is 5.82 Å². The molecule has 0 spiro atoms. The van der Waals surface area contributed by atoms with Crippen LogP contribution in [-0.4, -0.2) is 63.4 Å². The van der Waals surface area contributed by atoms with Gasteiger partial charge in [0.25, 0.3) is 0 Å². The number of aromatic nitrogens is 3. The van der Waals surface area contributed by atoms with Gasteiger partial charge in [-0.2, -0.15) is 0 Å². The lowest BCUT2D eigenvalue weighted by Gasteiger charge is -2.22. The highest BCUT2D eigenvalue weighted by molar-refractivity contribution is 7.99. The van der Waals surface area contributed by atoms with Gasteiger partial charge in [-0.05, 0) is 70.5 Å². The minimum absolute atomic E-state index is 0.0176. The SMILES string of the molecule is CCCN(CC1CC1)C(=O)CSc1nnc([C@@H](C)N(C)C)n1-c1ccc(F)cc1. The van der Waals surface area contributed by atoms with Crippen LogP contribution in [0.25, 0.3) is 5.69 Å². The molecule has 0 bridgehead atoms. The van der Waals surface area contributed by atoms with Gasteiger partial charge < -0.3 is 4.90 Å². The van der Waals surface area contributed by atoms with Crippen LogP contribution >= 0.6 is 11.8 Å². The van der Waals surface area contributed by atoms with Gasteiger partial charge in [-0.1, -0.05) is 18.7 Å². The average Bonchev–Trinajstić information content (AvgIpc) is 3.42. The Morgan fingerprint density at radius 2 is 1.97 bits per heavy atom. The van der Waals surface area contributed by atoms with Crippen molar-refractivity contribution in [2.45, 2.75) is 44.3 Å². The molecule has 0 radical (unpaired) electrons. The predicted molar refractivity (Wildman–Crippen MR) is 114 cm³/mol. The molecule has 6 nitrogen and oxygen atoms in total. The number of benzene rings is 1. The molecule has 1 saturated carbocycles. The Morgan fingerprint density at radius 1 is 1.28 bits per heavy atom. The van der Waals surface area contributed by atoms with Crippen LogP contribution in [0, 0.1) is 11.7 Å². The molecule has 1 aliphatic rings. The molecule has 0 unspecified atom stereocenters. The summed E-state index contributed by atoms with van der Waals surface area (Å²) in [5.74, 6) is 1.61. The van der Waals surface area contributed by atoms with Crippen molar-refractivity contribution in [2.24, 2.45) is 5.92 Å². The third-order valence-corrected chi connectivity index (χ3v) is 6.15. The molecule has 3 rings (SSSR count). The number of carbonyl (C=O) groups is 1. The first-order valence-corrected chi connectivity index (χ1v) is 11.2. The zero-order valence-corrected chi connectivity index (χ0v) is 18.5. The molecule has 8 heteroatoms. The van der Waals surface area contributed by atoms with Crippen LogP contribution in [-0.2, 0) is 4.79 Å². The van der Waals surface area contributed by atoms with Crippen molar-refractivity contribution < 1.29 is 9.18 Å². The maximum atomic E-state index is 13.4. The number of amides is 1. The van der Waals surface area contributed by atoms with Crippen LogP contribution in [0.4, 0.5) is 4.39 Å². The second-order valence-electron chi connectivity index (χ2n) is 7.86. The standard InChI is InChI=1S/C21H30FN5OS/c1-5-12-26(13-16-6-7-16)19(28)14-29-21-24-23-20(15(2)25(3)4)27(21)18-10-8-17(22)9-11-18/h8-11,15-16H,5-7,12-14H2,1-4H3/t15-/m1/s1. The number of thioether (sulfide) groups is 1. The van der Waals surface area contributed by atoms with Crippen molar-refractivity contribution in [3.63, 3.8) is 0 Å². The van der Waals surface area contributed by atoms with E-state index in [1.807, 2.05) is 35.4 Å². The first-order valence-electron chi connectivity index (χ1n) is 10.2. The van der Waals surface area contributed by atoms with Crippen LogP contribution in [0.1, 0.15) is 45.0 Å². The van der Waals surface area contributed by atoms with Crippen LogP contribution in [0.5, 0.6) is 0 Å². The number of nitrogens with zero attached hydrogens (tertiary/aromatic N) is 5. The molecule has 0 saturated heterocycles. The van der Waals surface area contributed by atoms with Crippen LogP contribution in [0.15, 0.2) is 29.4 Å². The second-order valence-corrected chi connectivity index (χ2v) is 8.81. The first kappa shape index (κ1) is 21.8. The van der Waals surface area contributed by atoms with E-state index in [0.717, 1.165) is 31.0 Å². The van der Waals surface area contributed by atoms with E-state index >= 15 is 0 Å². The minimum atomic E-state index is -0.288. The Morgan fingerprint density at radius 3 is 2.55 bits per heavy atom. The average molecular weight is 420 g/mol. The fourth-order valence-corrected chi connectivity index (χ4v) is 3.99. The molecule has 1 amide bonds. The molecule has 1 aromatic carbocycles. The Kier molecular flexibility index (Phi) is 7.29. The van der Waals surface area contributed by atoms with Crippen LogP contribution in [0.3, 0.4) is 0 Å². The van der Waals surface area contributed by atoms with Gasteiger partial charge in [-0.3, -0.25) is 14.3 Å². The summed E-state index contributed by atoms with van der Waals surface area (Å²) in [7, 11) is 3.95. The Labute approximate surface area is 176 Å². The highest BCUT2D eigenvalue weighted by atomic mass is 32.2. The molecule has 29 heavy (non-hydrogen) atoms. The number of hydrogen-bond acceptors (Lipinski definition) is 5. The van der Waals surface area contributed by atoms with E-state index in [1.165, 1.54) is 36.7 Å². The van der Waals surface area contributed by atoms with Crippen molar-refractivity contribution in [2.75, 3.05) is 32.9 Å². The number of carbonyl (C=O) groups excluding carboxylic acids is 1. The molecule has 1 heterocycles. The van der Waals surface area contributed by atoms with Crippen LogP contribution < -0.4 is 0 Å². The van der Waals surface area contributed by atoms with E-state index in [0.29, 0.717) is 16.8 Å². The van der Waals surface area contributed by atoms with E-state index in [-0.39, 0.29) is 17.8 Å². The highest BCUT2D eigenvalue weighted by Crippen LogP contribution is 2.31. The van der Waals surface area contributed by atoms with Gasteiger partial charge in [0.2, 0.25) is 5.91 Å². The molecule has 0 aliphatic heterocycles. The Hall–Kier alpha value is -1.93. The topological polar surface area (TPSA) is 54.3 Å². The maximum Gasteiger partial charge on any atom is 0.233 e. The van der Waals surface area contributed by atoms with E-state index in [9.17, 15) is 9.18 Å². The Balaban J connectivity index is 1.80. The van der Waals surface area contributed by atoms with Gasteiger partial charge in [0, 0.05) is 18.8 Å². The summed E-state index contributed by atoms with van der Waals surface area (Å²) < 4.78 is 15.4. The molecule has 2 aromatic rings. The lowest BCUT2D eigenvalue weighted by atomic mass is 10.2. The van der Waals surface area contributed by atoms with E-state index in [1.54, 1.807) is 12.1 Å². The van der Waals surface area contributed by atoms with Crippen molar-refractivity contribution in [1.82, 2.24) is 24.6 Å². The predicted octanol–water partition coefficient (Wildman–Crippen LogP) is 3.77. The monoisotopic (exact) mass is 419 g/mol. The number of rotatable bonds is 10. The third-order valence-electron chi connectivity index (χ3n) is 5.24. The van der Waals surface area contributed by atoms with Crippen LogP contribution in [0.2, 0.25) is 0 Å². The summed E-state index contributed by atoms with van der Waals surface area (Å²) in [5, 5.41) is 9.39. The largest absolute Gasteiger partial charge is 0.342 e. The van der Waals surface area contributed by atoms with E-state index in [2.05, 4.69) is 17.1 Å². The maximum absolute atomic E-state index is 13.4. The number of hydrogen-bond donors (Lipinski definition) is 0. The molecular formula is C21H30FN5OS.